The molecule has 128 valence electrons. The summed E-state index contributed by atoms with van der Waals surface area (Å²) in [5.41, 5.74) is 2.52. The molecular weight excluding hydrogens is 311 g/mol. The number of halogens is 1. The number of benzene rings is 2. The monoisotopic (exact) mass is 332 g/mol. The number of hydrogen-bond acceptors (Lipinski definition) is 3. The molecule has 0 saturated carbocycles. The maximum atomic E-state index is 12.1. The number of urea groups is 1. The third kappa shape index (κ3) is 5.89. The van der Waals surface area contributed by atoms with E-state index in [1.54, 1.807) is 24.3 Å². The summed E-state index contributed by atoms with van der Waals surface area (Å²) in [6.07, 6.45) is 0.693. The summed E-state index contributed by atoms with van der Waals surface area (Å²) in [5, 5.41) is 14.5. The molecule has 5 nitrogen and oxygen atoms in total. The Bertz CT molecular complexity index is 647. The Morgan fingerprint density at radius 1 is 1.12 bits per heavy atom. The minimum Gasteiger partial charge on any atom is -0.491 e. The van der Waals surface area contributed by atoms with Gasteiger partial charge >= 0.3 is 6.03 Å². The fourth-order valence-electron chi connectivity index (χ4n) is 2.13. The van der Waals surface area contributed by atoms with Crippen molar-refractivity contribution in [2.75, 3.05) is 25.1 Å². The largest absolute Gasteiger partial charge is 0.491 e. The van der Waals surface area contributed by atoms with Crippen molar-refractivity contribution in [3.63, 3.8) is 0 Å². The molecule has 0 unspecified atom stereocenters. The number of aliphatic hydroxyl groups is 1. The molecule has 3 N–H and O–H groups in total. The smallest absolute Gasteiger partial charge is 0.319 e. The Kier molecular flexibility index (Phi) is 7.04. The van der Waals surface area contributed by atoms with Crippen LogP contribution in [0.3, 0.4) is 0 Å². The second-order valence-electron chi connectivity index (χ2n) is 5.17. The van der Waals surface area contributed by atoms with E-state index in [0.717, 1.165) is 11.1 Å². The number of aliphatic hydroxyl groups excluding tert-OH is 1. The van der Waals surface area contributed by atoms with E-state index in [4.69, 9.17) is 9.84 Å². The summed E-state index contributed by atoms with van der Waals surface area (Å²) in [5.74, 6) is 0.509. The predicted octanol–water partition coefficient (Wildman–Crippen LogP) is 2.89. The third-order valence-electron chi connectivity index (χ3n) is 3.34. The van der Waals surface area contributed by atoms with Gasteiger partial charge in [0.2, 0.25) is 0 Å². The standard InChI is InChI=1S/C18H21FN2O3/c19-9-11-24-17-3-1-2-16(12-17)21-18(23)20-10-8-14-4-6-15(13-22)7-5-14/h1-7,12,22H,8-11,13H2,(H2,20,21,23). The number of carbonyl (C=O) groups excluding carboxylic acids is 1. The van der Waals surface area contributed by atoms with Crippen molar-refractivity contribution in [1.82, 2.24) is 5.32 Å². The summed E-state index contributed by atoms with van der Waals surface area (Å²) < 4.78 is 17.3. The lowest BCUT2D eigenvalue weighted by Crippen LogP contribution is -2.30. The lowest BCUT2D eigenvalue weighted by Gasteiger charge is -2.09. The number of nitrogens with one attached hydrogen (secondary N) is 2. The summed E-state index contributed by atoms with van der Waals surface area (Å²) in [4.78, 5) is 11.9. The Morgan fingerprint density at radius 2 is 1.88 bits per heavy atom. The third-order valence-corrected chi connectivity index (χ3v) is 3.34. The number of ether oxygens (including phenoxy) is 1. The molecule has 0 fully saturated rings. The minimum atomic E-state index is -0.558. The zero-order valence-electron chi connectivity index (χ0n) is 13.3. The molecule has 0 aliphatic carbocycles. The molecule has 0 heterocycles. The lowest BCUT2D eigenvalue weighted by molar-refractivity contribution is 0.252. The average molecular weight is 332 g/mol. The van der Waals surface area contributed by atoms with E-state index >= 15 is 0 Å². The molecular formula is C18H21FN2O3. The second kappa shape index (κ2) is 9.52. The quantitative estimate of drug-likeness (QED) is 0.696. The van der Waals surface area contributed by atoms with Crippen LogP contribution in [-0.2, 0) is 13.0 Å². The molecule has 0 spiro atoms. The molecule has 2 aromatic rings. The van der Waals surface area contributed by atoms with Crippen LogP contribution < -0.4 is 15.4 Å². The zero-order valence-corrected chi connectivity index (χ0v) is 13.3. The fourth-order valence-corrected chi connectivity index (χ4v) is 2.13. The van der Waals surface area contributed by atoms with Gasteiger partial charge in [-0.3, -0.25) is 0 Å². The van der Waals surface area contributed by atoms with E-state index in [-0.39, 0.29) is 19.2 Å². The molecule has 0 bridgehead atoms. The first-order chi connectivity index (χ1) is 11.7. The maximum Gasteiger partial charge on any atom is 0.319 e. The van der Waals surface area contributed by atoms with Crippen LogP contribution in [0.15, 0.2) is 48.5 Å². The van der Waals surface area contributed by atoms with Crippen molar-refractivity contribution in [3.8, 4) is 5.75 Å². The first-order valence-electron chi connectivity index (χ1n) is 7.73. The van der Waals surface area contributed by atoms with Crippen LogP contribution >= 0.6 is 0 Å². The Balaban J connectivity index is 1.76. The molecule has 0 saturated heterocycles. The van der Waals surface area contributed by atoms with E-state index in [1.807, 2.05) is 24.3 Å². The highest BCUT2D eigenvalue weighted by molar-refractivity contribution is 5.89. The summed E-state index contributed by atoms with van der Waals surface area (Å²) in [6, 6.07) is 14.1. The number of hydrogen-bond donors (Lipinski definition) is 3. The van der Waals surface area contributed by atoms with Gasteiger partial charge in [-0.1, -0.05) is 30.3 Å². The molecule has 0 aromatic heterocycles. The average Bonchev–Trinajstić information content (AvgIpc) is 2.61. The molecule has 0 aliphatic heterocycles. The summed E-state index contributed by atoms with van der Waals surface area (Å²) in [6.45, 7) is -0.0560. The van der Waals surface area contributed by atoms with Crippen LogP contribution in [0.25, 0.3) is 0 Å². The van der Waals surface area contributed by atoms with E-state index in [1.165, 1.54) is 0 Å². The van der Waals surface area contributed by atoms with Gasteiger partial charge in [-0.15, -0.1) is 0 Å². The van der Waals surface area contributed by atoms with E-state index in [9.17, 15) is 9.18 Å². The molecule has 6 heteroatoms. The lowest BCUT2D eigenvalue weighted by atomic mass is 10.1. The van der Waals surface area contributed by atoms with E-state index < -0.39 is 6.67 Å². The van der Waals surface area contributed by atoms with E-state index in [0.29, 0.717) is 24.4 Å². The van der Waals surface area contributed by atoms with Gasteiger partial charge in [0.25, 0.3) is 0 Å². The highest BCUT2D eigenvalue weighted by Crippen LogP contribution is 2.17. The first kappa shape index (κ1) is 17.7. The van der Waals surface area contributed by atoms with Gasteiger partial charge in [-0.25, -0.2) is 9.18 Å². The SMILES string of the molecule is O=C(NCCc1ccc(CO)cc1)Nc1cccc(OCCF)c1. The van der Waals surface area contributed by atoms with Gasteiger partial charge in [0.05, 0.1) is 6.61 Å². The highest BCUT2D eigenvalue weighted by atomic mass is 19.1. The van der Waals surface area contributed by atoms with Crippen molar-refractivity contribution in [2.24, 2.45) is 0 Å². The van der Waals surface area contributed by atoms with Crippen molar-refractivity contribution >= 4 is 11.7 Å². The van der Waals surface area contributed by atoms with Gasteiger partial charge < -0.3 is 20.5 Å². The van der Waals surface area contributed by atoms with Gasteiger partial charge in [0.1, 0.15) is 19.0 Å². The van der Waals surface area contributed by atoms with Gasteiger partial charge in [-0.05, 0) is 29.7 Å². The molecule has 2 aromatic carbocycles. The van der Waals surface area contributed by atoms with Gasteiger partial charge in [-0.2, -0.15) is 0 Å². The number of carbonyl (C=O) groups is 1. The number of anilines is 1. The van der Waals surface area contributed by atoms with Crippen molar-refractivity contribution < 1.29 is 19.0 Å². The zero-order chi connectivity index (χ0) is 17.2. The number of amides is 2. The Morgan fingerprint density at radius 3 is 2.58 bits per heavy atom. The van der Waals surface area contributed by atoms with Crippen LogP contribution in [-0.4, -0.2) is 31.0 Å². The minimum absolute atomic E-state index is 0.00921. The first-order valence-corrected chi connectivity index (χ1v) is 7.73. The number of rotatable bonds is 8. The van der Waals surface area contributed by atoms with Crippen LogP contribution in [0.5, 0.6) is 5.75 Å². The maximum absolute atomic E-state index is 12.1. The summed E-state index contributed by atoms with van der Waals surface area (Å²) >= 11 is 0. The Labute approximate surface area is 140 Å². The van der Waals surface area contributed by atoms with E-state index in [2.05, 4.69) is 10.6 Å². The fraction of sp³-hybridized carbons (Fsp3) is 0.278. The van der Waals surface area contributed by atoms with Crippen LogP contribution in [0.1, 0.15) is 11.1 Å². The normalized spacial score (nSPS) is 10.2. The van der Waals surface area contributed by atoms with Crippen molar-refractivity contribution in [3.05, 3.63) is 59.7 Å². The van der Waals surface area contributed by atoms with Crippen molar-refractivity contribution in [1.29, 1.82) is 0 Å². The van der Waals surface area contributed by atoms with Crippen LogP contribution in [0.2, 0.25) is 0 Å². The molecule has 24 heavy (non-hydrogen) atoms. The number of alkyl halides is 1. The van der Waals surface area contributed by atoms with Crippen molar-refractivity contribution in [2.45, 2.75) is 13.0 Å². The molecule has 2 rings (SSSR count). The molecule has 2 amide bonds. The van der Waals surface area contributed by atoms with Crippen LogP contribution in [0.4, 0.5) is 14.9 Å². The topological polar surface area (TPSA) is 70.6 Å². The molecule has 0 aliphatic rings. The predicted molar refractivity (Wildman–Crippen MR) is 91.0 cm³/mol. The molecule has 0 atom stereocenters. The summed E-state index contributed by atoms with van der Waals surface area (Å²) in [7, 11) is 0. The second-order valence-corrected chi connectivity index (χ2v) is 5.17. The van der Waals surface area contributed by atoms with Gasteiger partial charge in [0, 0.05) is 18.3 Å². The Hall–Kier alpha value is -2.60. The van der Waals surface area contributed by atoms with Crippen LogP contribution in [0, 0.1) is 0 Å². The van der Waals surface area contributed by atoms with Gasteiger partial charge in [0.15, 0.2) is 0 Å². The molecule has 0 radical (unpaired) electrons. The highest BCUT2D eigenvalue weighted by Gasteiger charge is 2.03.